The summed E-state index contributed by atoms with van der Waals surface area (Å²) in [4.78, 5) is 24.4. The molecule has 1 amide bonds. The van der Waals surface area contributed by atoms with Crippen LogP contribution in [0.2, 0.25) is 0 Å². The molecule has 32 heavy (non-hydrogen) atoms. The maximum Gasteiger partial charge on any atom is 0.260 e. The van der Waals surface area contributed by atoms with E-state index in [-0.39, 0.29) is 12.5 Å². The second kappa shape index (κ2) is 9.65. The molecule has 0 aliphatic rings. The van der Waals surface area contributed by atoms with Gasteiger partial charge in [0, 0.05) is 11.8 Å². The number of para-hydroxylation sites is 1. The Morgan fingerprint density at radius 1 is 1.00 bits per heavy atom. The SMILES string of the molecule is CCOc1cccc2sc(N(Cc3ccccn3)C(=O)c3ccc(OC)c(OC)c3)nc12. The summed E-state index contributed by atoms with van der Waals surface area (Å²) in [6.07, 6.45) is 1.71. The predicted molar refractivity (Wildman–Crippen MR) is 125 cm³/mol. The van der Waals surface area contributed by atoms with Crippen LogP contribution in [0.5, 0.6) is 17.2 Å². The van der Waals surface area contributed by atoms with Crippen molar-refractivity contribution in [3.05, 3.63) is 72.1 Å². The summed E-state index contributed by atoms with van der Waals surface area (Å²) in [7, 11) is 3.10. The van der Waals surface area contributed by atoms with Gasteiger partial charge in [0.2, 0.25) is 0 Å². The van der Waals surface area contributed by atoms with Crippen LogP contribution in [-0.4, -0.2) is 36.7 Å². The number of nitrogens with zero attached hydrogens (tertiary/aromatic N) is 3. The lowest BCUT2D eigenvalue weighted by molar-refractivity contribution is 0.0984. The Kier molecular flexibility index (Phi) is 6.51. The predicted octanol–water partition coefficient (Wildman–Crippen LogP) is 4.95. The molecule has 0 saturated heterocycles. The Bertz CT molecular complexity index is 1230. The molecule has 0 unspecified atom stereocenters. The second-order valence-electron chi connectivity index (χ2n) is 6.81. The van der Waals surface area contributed by atoms with Crippen LogP contribution in [-0.2, 0) is 6.54 Å². The van der Waals surface area contributed by atoms with Gasteiger partial charge in [0.1, 0.15) is 11.3 Å². The highest BCUT2D eigenvalue weighted by Gasteiger charge is 2.24. The first-order valence-corrected chi connectivity index (χ1v) is 10.9. The van der Waals surface area contributed by atoms with Crippen molar-refractivity contribution in [1.29, 1.82) is 0 Å². The number of methoxy groups -OCH3 is 2. The molecule has 0 bridgehead atoms. The average Bonchev–Trinajstić information content (AvgIpc) is 3.27. The molecule has 164 valence electrons. The number of ether oxygens (including phenoxy) is 3. The van der Waals surface area contributed by atoms with Crippen molar-refractivity contribution < 1.29 is 19.0 Å². The van der Waals surface area contributed by atoms with Gasteiger partial charge in [-0.1, -0.05) is 23.5 Å². The number of carbonyl (C=O) groups is 1. The Balaban J connectivity index is 1.78. The molecule has 0 N–H and O–H groups in total. The second-order valence-corrected chi connectivity index (χ2v) is 7.82. The number of hydrogen-bond donors (Lipinski definition) is 0. The summed E-state index contributed by atoms with van der Waals surface area (Å²) in [6.45, 7) is 2.74. The molecule has 0 atom stereocenters. The van der Waals surface area contributed by atoms with Crippen molar-refractivity contribution in [2.45, 2.75) is 13.5 Å². The van der Waals surface area contributed by atoms with Crippen LogP contribution in [0.4, 0.5) is 5.13 Å². The van der Waals surface area contributed by atoms with Crippen LogP contribution < -0.4 is 19.1 Å². The van der Waals surface area contributed by atoms with E-state index in [0.29, 0.717) is 34.6 Å². The molecule has 4 aromatic rings. The van der Waals surface area contributed by atoms with Crippen LogP contribution in [0.1, 0.15) is 23.0 Å². The third kappa shape index (κ3) is 4.36. The van der Waals surface area contributed by atoms with E-state index >= 15 is 0 Å². The van der Waals surface area contributed by atoms with Crippen LogP contribution in [0.3, 0.4) is 0 Å². The molecule has 2 aromatic heterocycles. The molecule has 8 heteroatoms. The van der Waals surface area contributed by atoms with Crippen molar-refractivity contribution in [2.24, 2.45) is 0 Å². The zero-order valence-electron chi connectivity index (χ0n) is 18.1. The molecular formula is C24H23N3O4S. The highest BCUT2D eigenvalue weighted by atomic mass is 32.1. The summed E-state index contributed by atoms with van der Waals surface area (Å²) in [6, 6.07) is 16.5. The van der Waals surface area contributed by atoms with Crippen LogP contribution in [0, 0.1) is 0 Å². The standard InChI is InChI=1S/C24H23N3O4S/c1-4-31-19-9-7-10-21-22(19)26-24(32-21)27(15-17-8-5-6-13-25-17)23(28)16-11-12-18(29-2)20(14-16)30-3/h5-14H,4,15H2,1-3H3. The zero-order chi connectivity index (χ0) is 22.5. The van der Waals surface area contributed by atoms with Gasteiger partial charge in [-0.25, -0.2) is 4.98 Å². The molecule has 2 heterocycles. The number of pyridine rings is 1. The minimum absolute atomic E-state index is 0.214. The van der Waals surface area contributed by atoms with Gasteiger partial charge in [-0.3, -0.25) is 14.7 Å². The maximum atomic E-state index is 13.6. The Morgan fingerprint density at radius 2 is 1.84 bits per heavy atom. The quantitative estimate of drug-likeness (QED) is 0.379. The molecule has 7 nitrogen and oxygen atoms in total. The van der Waals surface area contributed by atoms with Gasteiger partial charge in [0.05, 0.1) is 37.8 Å². The number of amides is 1. The lowest BCUT2D eigenvalue weighted by Crippen LogP contribution is -2.30. The number of aromatic nitrogens is 2. The molecule has 0 fully saturated rings. The molecule has 2 aromatic carbocycles. The van der Waals surface area contributed by atoms with Crippen molar-refractivity contribution in [3.63, 3.8) is 0 Å². The third-order valence-electron chi connectivity index (χ3n) is 4.82. The summed E-state index contributed by atoms with van der Waals surface area (Å²) in [5.41, 5.74) is 1.95. The van der Waals surface area contributed by atoms with E-state index in [4.69, 9.17) is 19.2 Å². The number of benzene rings is 2. The highest BCUT2D eigenvalue weighted by molar-refractivity contribution is 7.22. The fourth-order valence-electron chi connectivity index (χ4n) is 3.30. The first-order chi connectivity index (χ1) is 15.6. The number of fused-ring (bicyclic) bond motifs is 1. The van der Waals surface area contributed by atoms with Crippen LogP contribution in [0.25, 0.3) is 10.2 Å². The van der Waals surface area contributed by atoms with Gasteiger partial charge in [-0.15, -0.1) is 0 Å². The Morgan fingerprint density at radius 3 is 2.56 bits per heavy atom. The highest BCUT2D eigenvalue weighted by Crippen LogP contribution is 2.36. The number of thiazole rings is 1. The third-order valence-corrected chi connectivity index (χ3v) is 5.87. The lowest BCUT2D eigenvalue weighted by atomic mass is 10.1. The molecule has 4 rings (SSSR count). The van der Waals surface area contributed by atoms with Crippen molar-refractivity contribution in [1.82, 2.24) is 9.97 Å². The minimum atomic E-state index is -0.214. The monoisotopic (exact) mass is 449 g/mol. The van der Waals surface area contributed by atoms with Gasteiger partial charge in [0.15, 0.2) is 16.6 Å². The van der Waals surface area contributed by atoms with Crippen LogP contribution in [0.15, 0.2) is 60.8 Å². The topological polar surface area (TPSA) is 73.8 Å². The normalized spacial score (nSPS) is 10.7. The number of hydrogen-bond acceptors (Lipinski definition) is 7. The van der Waals surface area contributed by atoms with Crippen molar-refractivity contribution in [3.8, 4) is 17.2 Å². The van der Waals surface area contributed by atoms with E-state index in [1.54, 1.807) is 43.5 Å². The fourth-order valence-corrected chi connectivity index (χ4v) is 4.28. The van der Waals surface area contributed by atoms with Gasteiger partial charge in [-0.2, -0.15) is 0 Å². The molecule has 0 radical (unpaired) electrons. The first-order valence-electron chi connectivity index (χ1n) is 10.1. The minimum Gasteiger partial charge on any atom is -0.493 e. The van der Waals surface area contributed by atoms with Crippen molar-refractivity contribution in [2.75, 3.05) is 25.7 Å². The number of rotatable bonds is 8. The number of carbonyl (C=O) groups excluding carboxylic acids is 1. The molecule has 0 spiro atoms. The zero-order valence-corrected chi connectivity index (χ0v) is 18.9. The maximum absolute atomic E-state index is 13.6. The van der Waals surface area contributed by atoms with Gasteiger partial charge < -0.3 is 14.2 Å². The van der Waals surface area contributed by atoms with Gasteiger partial charge in [0.25, 0.3) is 5.91 Å². The smallest absolute Gasteiger partial charge is 0.260 e. The van der Waals surface area contributed by atoms with Gasteiger partial charge in [-0.05, 0) is 49.4 Å². The Labute approximate surface area is 190 Å². The lowest BCUT2D eigenvalue weighted by Gasteiger charge is -2.20. The summed E-state index contributed by atoms with van der Waals surface area (Å²) < 4.78 is 17.4. The molecule has 0 aliphatic carbocycles. The van der Waals surface area contributed by atoms with Crippen LogP contribution >= 0.6 is 11.3 Å². The van der Waals surface area contributed by atoms with Crippen molar-refractivity contribution >= 4 is 32.6 Å². The summed E-state index contributed by atoms with van der Waals surface area (Å²) >= 11 is 1.44. The first kappa shape index (κ1) is 21.6. The van der Waals surface area contributed by atoms with E-state index < -0.39 is 0 Å². The van der Waals surface area contributed by atoms with E-state index in [2.05, 4.69) is 4.98 Å². The molecule has 0 saturated carbocycles. The molecular weight excluding hydrogens is 426 g/mol. The molecule has 0 aliphatic heterocycles. The van der Waals surface area contributed by atoms with E-state index in [9.17, 15) is 4.79 Å². The summed E-state index contributed by atoms with van der Waals surface area (Å²) in [5.74, 6) is 1.53. The van der Waals surface area contributed by atoms with Gasteiger partial charge >= 0.3 is 0 Å². The fraction of sp³-hybridized carbons (Fsp3) is 0.208. The average molecular weight is 450 g/mol. The van der Waals surface area contributed by atoms with E-state index in [1.807, 2.05) is 43.3 Å². The van der Waals surface area contributed by atoms with E-state index in [1.165, 1.54) is 11.3 Å². The summed E-state index contributed by atoms with van der Waals surface area (Å²) in [5, 5.41) is 0.567. The van der Waals surface area contributed by atoms with E-state index in [0.717, 1.165) is 15.9 Å². The largest absolute Gasteiger partial charge is 0.493 e. The Hall–Kier alpha value is -3.65. The number of anilines is 1.